The van der Waals surface area contributed by atoms with Crippen LogP contribution in [-0.4, -0.2) is 30.3 Å². The first-order valence-electron chi connectivity index (χ1n) is 5.91. The molecule has 0 bridgehead atoms. The number of nitrogens with zero attached hydrogens (tertiary/aromatic N) is 1. The molecule has 0 heterocycles. The summed E-state index contributed by atoms with van der Waals surface area (Å²) in [6, 6.07) is 8.16. The molecule has 0 aliphatic rings. The van der Waals surface area contributed by atoms with Gasteiger partial charge in [0.1, 0.15) is 0 Å². The second-order valence-corrected chi connectivity index (χ2v) is 6.08. The fourth-order valence-electron chi connectivity index (χ4n) is 1.61. The first kappa shape index (κ1) is 14.6. The Balaban J connectivity index is 2.63. The van der Waals surface area contributed by atoms with Crippen molar-refractivity contribution in [1.82, 2.24) is 4.90 Å². The minimum absolute atomic E-state index is 0.191. The highest BCUT2D eigenvalue weighted by Crippen LogP contribution is 2.11. The summed E-state index contributed by atoms with van der Waals surface area (Å²) in [5.41, 5.74) is 0.799. The summed E-state index contributed by atoms with van der Waals surface area (Å²) in [6.45, 7) is 7.00. The van der Waals surface area contributed by atoms with Crippen molar-refractivity contribution in [2.24, 2.45) is 5.92 Å². The Hall–Kier alpha value is -0.420. The van der Waals surface area contributed by atoms with E-state index in [4.69, 9.17) is 0 Å². The zero-order chi connectivity index (χ0) is 13.0. The van der Waals surface area contributed by atoms with Crippen LogP contribution >= 0.6 is 22.6 Å². The van der Waals surface area contributed by atoms with Gasteiger partial charge >= 0.3 is 0 Å². The van der Waals surface area contributed by atoms with Crippen LogP contribution in [0.5, 0.6) is 0 Å². The standard InChI is InChI=1S/C14H20INO/c1-10(2)11(3)16(4)9-14(17)12-5-7-13(15)8-6-12/h5-8,10-11H,9H2,1-4H3. The third-order valence-electron chi connectivity index (χ3n) is 3.22. The third kappa shape index (κ3) is 4.39. The van der Waals surface area contributed by atoms with E-state index in [0.717, 1.165) is 9.13 Å². The predicted octanol–water partition coefficient (Wildman–Crippen LogP) is 3.45. The van der Waals surface area contributed by atoms with Gasteiger partial charge in [0.15, 0.2) is 5.78 Å². The molecule has 1 aromatic carbocycles. The number of carbonyl (C=O) groups excluding carboxylic acids is 1. The third-order valence-corrected chi connectivity index (χ3v) is 3.94. The van der Waals surface area contributed by atoms with Crippen LogP contribution in [0.15, 0.2) is 24.3 Å². The van der Waals surface area contributed by atoms with Gasteiger partial charge in [0.2, 0.25) is 0 Å². The van der Waals surface area contributed by atoms with E-state index in [9.17, 15) is 4.79 Å². The molecule has 0 aliphatic heterocycles. The number of ketones is 1. The highest BCUT2D eigenvalue weighted by Gasteiger charge is 2.16. The molecule has 17 heavy (non-hydrogen) atoms. The lowest BCUT2D eigenvalue weighted by molar-refractivity contribution is 0.0907. The molecule has 1 aromatic rings. The predicted molar refractivity (Wildman–Crippen MR) is 80.4 cm³/mol. The van der Waals surface area contributed by atoms with Crippen molar-refractivity contribution >= 4 is 28.4 Å². The number of halogens is 1. The van der Waals surface area contributed by atoms with Crippen LogP contribution < -0.4 is 0 Å². The Morgan fingerprint density at radius 2 is 1.76 bits per heavy atom. The molecule has 0 N–H and O–H groups in total. The van der Waals surface area contributed by atoms with Crippen molar-refractivity contribution in [2.45, 2.75) is 26.8 Å². The molecule has 0 radical (unpaired) electrons. The van der Waals surface area contributed by atoms with Gasteiger partial charge in [-0.15, -0.1) is 0 Å². The summed E-state index contributed by atoms with van der Waals surface area (Å²) >= 11 is 2.24. The molecule has 1 unspecified atom stereocenters. The topological polar surface area (TPSA) is 20.3 Å². The van der Waals surface area contributed by atoms with E-state index < -0.39 is 0 Å². The van der Waals surface area contributed by atoms with E-state index in [-0.39, 0.29) is 5.78 Å². The highest BCUT2D eigenvalue weighted by atomic mass is 127. The molecule has 3 heteroatoms. The van der Waals surface area contributed by atoms with Crippen molar-refractivity contribution in [3.8, 4) is 0 Å². The number of hydrogen-bond acceptors (Lipinski definition) is 2. The van der Waals surface area contributed by atoms with Crippen LogP contribution in [0.2, 0.25) is 0 Å². The summed E-state index contributed by atoms with van der Waals surface area (Å²) in [4.78, 5) is 14.2. The van der Waals surface area contributed by atoms with E-state index in [2.05, 4.69) is 48.3 Å². The van der Waals surface area contributed by atoms with Gasteiger partial charge in [-0.3, -0.25) is 9.69 Å². The van der Waals surface area contributed by atoms with E-state index in [1.807, 2.05) is 31.3 Å². The number of hydrogen-bond donors (Lipinski definition) is 0. The summed E-state index contributed by atoms with van der Waals surface area (Å²) in [5, 5.41) is 0. The lowest BCUT2D eigenvalue weighted by Crippen LogP contribution is -2.37. The van der Waals surface area contributed by atoms with Crippen LogP contribution in [0.25, 0.3) is 0 Å². The maximum atomic E-state index is 12.0. The highest BCUT2D eigenvalue weighted by molar-refractivity contribution is 14.1. The monoisotopic (exact) mass is 345 g/mol. The molecule has 0 fully saturated rings. The Kier molecular flexibility index (Phi) is 5.59. The van der Waals surface area contributed by atoms with Gasteiger partial charge in [-0.1, -0.05) is 26.0 Å². The lowest BCUT2D eigenvalue weighted by atomic mass is 10.0. The Morgan fingerprint density at radius 1 is 1.24 bits per heavy atom. The van der Waals surface area contributed by atoms with Crippen molar-refractivity contribution in [3.63, 3.8) is 0 Å². The molecular formula is C14H20INO. The second-order valence-electron chi connectivity index (χ2n) is 4.83. The van der Waals surface area contributed by atoms with E-state index in [1.54, 1.807) is 0 Å². The average molecular weight is 345 g/mol. The minimum Gasteiger partial charge on any atom is -0.296 e. The molecule has 2 nitrogen and oxygen atoms in total. The SMILES string of the molecule is CC(C)C(C)N(C)CC(=O)c1ccc(I)cc1. The Labute approximate surface area is 118 Å². The molecule has 0 saturated carbocycles. The number of benzene rings is 1. The minimum atomic E-state index is 0.191. The normalized spacial score (nSPS) is 13.1. The first-order chi connectivity index (χ1) is 7.91. The summed E-state index contributed by atoms with van der Waals surface area (Å²) in [5.74, 6) is 0.751. The summed E-state index contributed by atoms with van der Waals surface area (Å²) in [6.07, 6.45) is 0. The van der Waals surface area contributed by atoms with E-state index in [1.165, 1.54) is 0 Å². The molecule has 1 rings (SSSR count). The van der Waals surface area contributed by atoms with Gasteiger partial charge in [-0.25, -0.2) is 0 Å². The fourth-order valence-corrected chi connectivity index (χ4v) is 1.97. The molecule has 1 atom stereocenters. The molecule has 0 aliphatic carbocycles. The van der Waals surface area contributed by atoms with Gasteiger partial charge in [-0.2, -0.15) is 0 Å². The zero-order valence-electron chi connectivity index (χ0n) is 10.9. The second kappa shape index (κ2) is 6.50. The molecule has 0 spiro atoms. The van der Waals surface area contributed by atoms with Crippen LogP contribution in [-0.2, 0) is 0 Å². The zero-order valence-corrected chi connectivity index (χ0v) is 13.1. The summed E-state index contributed by atoms with van der Waals surface area (Å²) < 4.78 is 1.16. The van der Waals surface area contributed by atoms with E-state index >= 15 is 0 Å². The Morgan fingerprint density at radius 3 is 2.24 bits per heavy atom. The molecule has 0 aromatic heterocycles. The molecule has 0 saturated heterocycles. The Bertz CT molecular complexity index is 372. The van der Waals surface area contributed by atoms with E-state index in [0.29, 0.717) is 18.5 Å². The fraction of sp³-hybridized carbons (Fsp3) is 0.500. The quantitative estimate of drug-likeness (QED) is 0.602. The maximum Gasteiger partial charge on any atom is 0.176 e. The van der Waals surface area contributed by atoms with Gasteiger partial charge in [0.25, 0.3) is 0 Å². The molecule has 94 valence electrons. The van der Waals surface area contributed by atoms with Gasteiger partial charge in [0, 0.05) is 15.2 Å². The van der Waals surface area contributed by atoms with Crippen molar-refractivity contribution < 1.29 is 4.79 Å². The first-order valence-corrected chi connectivity index (χ1v) is 6.98. The van der Waals surface area contributed by atoms with Gasteiger partial charge < -0.3 is 0 Å². The van der Waals surface area contributed by atoms with Crippen molar-refractivity contribution in [2.75, 3.05) is 13.6 Å². The van der Waals surface area contributed by atoms with Gasteiger partial charge in [0.05, 0.1) is 6.54 Å². The van der Waals surface area contributed by atoms with Crippen LogP contribution in [0, 0.1) is 9.49 Å². The van der Waals surface area contributed by atoms with Crippen molar-refractivity contribution in [3.05, 3.63) is 33.4 Å². The maximum absolute atomic E-state index is 12.0. The van der Waals surface area contributed by atoms with Crippen LogP contribution in [0.3, 0.4) is 0 Å². The number of Topliss-reactive ketones (excluding diaryl/α,β-unsaturated/α-hetero) is 1. The number of likely N-dealkylation sites (N-methyl/N-ethyl adjacent to an activating group) is 1. The smallest absolute Gasteiger partial charge is 0.176 e. The van der Waals surface area contributed by atoms with Crippen LogP contribution in [0.4, 0.5) is 0 Å². The largest absolute Gasteiger partial charge is 0.296 e. The summed E-state index contributed by atoms with van der Waals surface area (Å²) in [7, 11) is 2.01. The lowest BCUT2D eigenvalue weighted by Gasteiger charge is -2.27. The van der Waals surface area contributed by atoms with Crippen LogP contribution in [0.1, 0.15) is 31.1 Å². The average Bonchev–Trinajstić information content (AvgIpc) is 2.28. The van der Waals surface area contributed by atoms with Gasteiger partial charge in [-0.05, 0) is 54.6 Å². The molecular weight excluding hydrogens is 325 g/mol. The number of carbonyl (C=O) groups is 1. The van der Waals surface area contributed by atoms with Crippen molar-refractivity contribution in [1.29, 1.82) is 0 Å². The number of rotatable bonds is 5. The molecule has 0 amide bonds.